The number of anilines is 1. The molecule has 0 bridgehead atoms. The molecule has 1 heterocycles. The third-order valence-electron chi connectivity index (χ3n) is 2.70. The zero-order chi connectivity index (χ0) is 13.2. The molecule has 0 radical (unpaired) electrons. The molecule has 0 spiro atoms. The maximum Gasteiger partial charge on any atom is 0.251 e. The summed E-state index contributed by atoms with van der Waals surface area (Å²) in [6.45, 7) is 5.73. The van der Waals surface area contributed by atoms with Crippen molar-refractivity contribution in [1.82, 2.24) is 10.3 Å². The quantitative estimate of drug-likeness (QED) is 0.697. The van der Waals surface area contributed by atoms with Crippen LogP contribution in [0.15, 0.2) is 18.3 Å². The fraction of sp³-hybridized carbons (Fsp3) is 0.571. The van der Waals surface area contributed by atoms with Gasteiger partial charge in [0.15, 0.2) is 0 Å². The second-order valence-electron chi connectivity index (χ2n) is 4.28. The molecule has 1 rings (SSSR count). The third kappa shape index (κ3) is 5.17. The van der Waals surface area contributed by atoms with E-state index >= 15 is 0 Å². The number of carbonyl (C=O) groups is 1. The molecule has 1 aromatic heterocycles. The van der Waals surface area contributed by atoms with Gasteiger partial charge in [-0.3, -0.25) is 4.79 Å². The predicted molar refractivity (Wildman–Crippen MR) is 74.9 cm³/mol. The van der Waals surface area contributed by atoms with Crippen LogP contribution in [0.5, 0.6) is 0 Å². The number of nitrogens with zero attached hydrogens (tertiary/aromatic N) is 1. The first-order valence-electron chi connectivity index (χ1n) is 6.76. The number of carbonyl (C=O) groups excluding carboxylic acids is 1. The Hall–Kier alpha value is -1.58. The first kappa shape index (κ1) is 14.5. The largest absolute Gasteiger partial charge is 0.370 e. The maximum absolute atomic E-state index is 11.9. The van der Waals surface area contributed by atoms with Gasteiger partial charge in [-0.2, -0.15) is 0 Å². The summed E-state index contributed by atoms with van der Waals surface area (Å²) in [5.74, 6) is 0.726. The minimum absolute atomic E-state index is 0.0203. The summed E-state index contributed by atoms with van der Waals surface area (Å²) in [6.07, 6.45) is 6.32. The molecule has 1 amide bonds. The number of pyridine rings is 1. The normalized spacial score (nSPS) is 10.1. The van der Waals surface area contributed by atoms with E-state index < -0.39 is 0 Å². The third-order valence-corrected chi connectivity index (χ3v) is 2.70. The van der Waals surface area contributed by atoms with Crippen LogP contribution in [0.2, 0.25) is 0 Å². The van der Waals surface area contributed by atoms with Crippen molar-refractivity contribution < 1.29 is 4.79 Å². The molecule has 0 aliphatic rings. The molecule has 0 unspecified atom stereocenters. The van der Waals surface area contributed by atoms with E-state index in [0.717, 1.165) is 25.3 Å². The van der Waals surface area contributed by atoms with Crippen molar-refractivity contribution in [2.24, 2.45) is 0 Å². The highest BCUT2D eigenvalue weighted by molar-refractivity contribution is 5.94. The Kier molecular flexibility index (Phi) is 6.84. The molecule has 0 atom stereocenters. The Bertz CT molecular complexity index is 366. The lowest BCUT2D eigenvalue weighted by atomic mass is 10.2. The number of unbranched alkanes of at least 4 members (excludes halogenated alkanes) is 3. The zero-order valence-electron chi connectivity index (χ0n) is 11.3. The lowest BCUT2D eigenvalue weighted by molar-refractivity contribution is 0.0953. The van der Waals surface area contributed by atoms with E-state index in [4.69, 9.17) is 0 Å². The summed E-state index contributed by atoms with van der Waals surface area (Å²) in [7, 11) is 0. The summed E-state index contributed by atoms with van der Waals surface area (Å²) in [6, 6.07) is 3.52. The Morgan fingerprint density at radius 3 is 2.83 bits per heavy atom. The second-order valence-corrected chi connectivity index (χ2v) is 4.28. The fourth-order valence-corrected chi connectivity index (χ4v) is 1.71. The van der Waals surface area contributed by atoms with Crippen LogP contribution in [0, 0.1) is 0 Å². The Labute approximate surface area is 109 Å². The van der Waals surface area contributed by atoms with Crippen LogP contribution in [-0.2, 0) is 0 Å². The average molecular weight is 249 g/mol. The predicted octanol–water partition coefficient (Wildman–Crippen LogP) is 2.82. The van der Waals surface area contributed by atoms with Crippen LogP contribution in [-0.4, -0.2) is 24.0 Å². The molecule has 0 fully saturated rings. The minimum Gasteiger partial charge on any atom is -0.370 e. The van der Waals surface area contributed by atoms with Crippen molar-refractivity contribution in [1.29, 1.82) is 0 Å². The molecule has 18 heavy (non-hydrogen) atoms. The number of aromatic nitrogens is 1. The fourth-order valence-electron chi connectivity index (χ4n) is 1.71. The smallest absolute Gasteiger partial charge is 0.251 e. The highest BCUT2D eigenvalue weighted by Crippen LogP contribution is 2.06. The molecule has 0 saturated carbocycles. The number of nitrogens with one attached hydrogen (secondary N) is 2. The number of hydrogen-bond donors (Lipinski definition) is 2. The molecular weight excluding hydrogens is 226 g/mol. The Balaban J connectivity index is 2.38. The van der Waals surface area contributed by atoms with E-state index in [-0.39, 0.29) is 5.91 Å². The van der Waals surface area contributed by atoms with E-state index in [1.165, 1.54) is 19.3 Å². The van der Waals surface area contributed by atoms with Crippen LogP contribution < -0.4 is 10.6 Å². The summed E-state index contributed by atoms with van der Waals surface area (Å²) in [4.78, 5) is 16.0. The highest BCUT2D eigenvalue weighted by Gasteiger charge is 2.05. The molecule has 1 aromatic rings. The molecule has 100 valence electrons. The van der Waals surface area contributed by atoms with Crippen molar-refractivity contribution in [3.63, 3.8) is 0 Å². The number of rotatable bonds is 8. The van der Waals surface area contributed by atoms with Gasteiger partial charge in [-0.05, 0) is 25.5 Å². The molecule has 4 nitrogen and oxygen atoms in total. The average Bonchev–Trinajstić information content (AvgIpc) is 2.39. The first-order valence-corrected chi connectivity index (χ1v) is 6.76. The summed E-state index contributed by atoms with van der Waals surface area (Å²) in [5.41, 5.74) is 0.663. The van der Waals surface area contributed by atoms with Crippen LogP contribution in [0.25, 0.3) is 0 Å². The van der Waals surface area contributed by atoms with Crippen LogP contribution in [0.4, 0.5) is 5.82 Å². The van der Waals surface area contributed by atoms with E-state index in [1.807, 2.05) is 6.92 Å². The summed E-state index contributed by atoms with van der Waals surface area (Å²) >= 11 is 0. The van der Waals surface area contributed by atoms with Crippen molar-refractivity contribution in [3.8, 4) is 0 Å². The van der Waals surface area contributed by atoms with Crippen molar-refractivity contribution in [2.75, 3.05) is 18.4 Å². The van der Waals surface area contributed by atoms with Crippen molar-refractivity contribution >= 4 is 11.7 Å². The standard InChI is InChI=1S/C14H23N3O/c1-3-5-6-7-9-17-14(18)12-8-10-16-13(11-12)15-4-2/h8,10-11H,3-7,9H2,1-2H3,(H,15,16)(H,17,18). The molecule has 0 saturated heterocycles. The lowest BCUT2D eigenvalue weighted by Gasteiger charge is -2.07. The van der Waals surface area contributed by atoms with Gasteiger partial charge in [0.2, 0.25) is 0 Å². The molecule has 0 aromatic carbocycles. The maximum atomic E-state index is 11.9. The number of amides is 1. The summed E-state index contributed by atoms with van der Waals surface area (Å²) in [5, 5.41) is 6.03. The molecule has 0 aliphatic carbocycles. The Morgan fingerprint density at radius 1 is 1.28 bits per heavy atom. The summed E-state index contributed by atoms with van der Waals surface area (Å²) < 4.78 is 0. The minimum atomic E-state index is -0.0203. The van der Waals surface area contributed by atoms with Gasteiger partial charge in [-0.15, -0.1) is 0 Å². The highest BCUT2D eigenvalue weighted by atomic mass is 16.1. The van der Waals surface area contributed by atoms with E-state index in [2.05, 4.69) is 22.5 Å². The van der Waals surface area contributed by atoms with Crippen LogP contribution >= 0.6 is 0 Å². The van der Waals surface area contributed by atoms with E-state index in [1.54, 1.807) is 18.3 Å². The van der Waals surface area contributed by atoms with Crippen LogP contribution in [0.3, 0.4) is 0 Å². The van der Waals surface area contributed by atoms with Crippen molar-refractivity contribution in [3.05, 3.63) is 23.9 Å². The second kappa shape index (κ2) is 8.50. The monoisotopic (exact) mass is 249 g/mol. The van der Waals surface area contributed by atoms with Gasteiger partial charge in [0, 0.05) is 24.8 Å². The van der Waals surface area contributed by atoms with Gasteiger partial charge in [0.1, 0.15) is 5.82 Å². The van der Waals surface area contributed by atoms with Gasteiger partial charge in [-0.1, -0.05) is 26.2 Å². The van der Waals surface area contributed by atoms with Crippen molar-refractivity contribution in [2.45, 2.75) is 39.5 Å². The topological polar surface area (TPSA) is 54.0 Å². The zero-order valence-corrected chi connectivity index (χ0v) is 11.3. The SMILES string of the molecule is CCCCCCNC(=O)c1ccnc(NCC)c1. The lowest BCUT2D eigenvalue weighted by Crippen LogP contribution is -2.24. The Morgan fingerprint density at radius 2 is 2.11 bits per heavy atom. The molecular formula is C14H23N3O. The van der Waals surface area contributed by atoms with Gasteiger partial charge in [0.25, 0.3) is 5.91 Å². The van der Waals surface area contributed by atoms with Gasteiger partial charge < -0.3 is 10.6 Å². The van der Waals surface area contributed by atoms with Crippen LogP contribution in [0.1, 0.15) is 49.9 Å². The van der Waals surface area contributed by atoms with Gasteiger partial charge in [0.05, 0.1) is 0 Å². The van der Waals surface area contributed by atoms with Gasteiger partial charge >= 0.3 is 0 Å². The van der Waals surface area contributed by atoms with Gasteiger partial charge in [-0.25, -0.2) is 4.98 Å². The molecule has 0 aliphatic heterocycles. The van der Waals surface area contributed by atoms with E-state index in [9.17, 15) is 4.79 Å². The first-order chi connectivity index (χ1) is 8.77. The number of hydrogen-bond acceptors (Lipinski definition) is 3. The molecule has 2 N–H and O–H groups in total. The molecule has 4 heteroatoms. The van der Waals surface area contributed by atoms with E-state index in [0.29, 0.717) is 5.56 Å².